The Morgan fingerprint density at radius 2 is 0.857 bits per heavy atom. The molecule has 1 aliphatic carbocycles. The quantitative estimate of drug-likeness (QED) is 0.166. The molecule has 0 radical (unpaired) electrons. The Morgan fingerprint density at radius 1 is 0.317 bits per heavy atom. The van der Waals surface area contributed by atoms with Crippen molar-refractivity contribution in [1.29, 1.82) is 0 Å². The van der Waals surface area contributed by atoms with Crippen LogP contribution in [0.25, 0.3) is 131 Å². The molecule has 294 valence electrons. The van der Waals surface area contributed by atoms with E-state index >= 15 is 0 Å². The molecule has 0 saturated carbocycles. The highest BCUT2D eigenvalue weighted by atomic mass is 16.3. The first-order chi connectivity index (χ1) is 31.0. The van der Waals surface area contributed by atoms with Gasteiger partial charge in [-0.15, -0.1) is 0 Å². The molecule has 63 heavy (non-hydrogen) atoms. The molecule has 11 aromatic carbocycles. The van der Waals surface area contributed by atoms with E-state index in [4.69, 9.17) is 8.83 Å². The molecular weight excluding hydrogens is 765 g/mol. The van der Waals surface area contributed by atoms with Crippen LogP contribution < -0.4 is 0 Å². The second-order valence-electron chi connectivity index (χ2n) is 17.9. The first-order valence-corrected chi connectivity index (χ1v) is 21.9. The summed E-state index contributed by atoms with van der Waals surface area (Å²) in [6.07, 6.45) is 0. The van der Waals surface area contributed by atoms with Crippen LogP contribution in [-0.4, -0.2) is 0 Å². The first-order valence-electron chi connectivity index (χ1n) is 21.9. The predicted molar refractivity (Wildman–Crippen MR) is 265 cm³/mol. The van der Waals surface area contributed by atoms with Gasteiger partial charge in [-0.1, -0.05) is 178 Å². The summed E-state index contributed by atoms with van der Waals surface area (Å²) < 4.78 is 13.4. The molecule has 2 heterocycles. The van der Waals surface area contributed by atoms with E-state index in [0.717, 1.165) is 60.4 Å². The molecule has 2 aromatic heterocycles. The Kier molecular flexibility index (Phi) is 6.93. The summed E-state index contributed by atoms with van der Waals surface area (Å²) in [5.74, 6) is 0. The van der Waals surface area contributed by atoms with Crippen molar-refractivity contribution >= 4 is 87.0 Å². The Bertz CT molecular complexity index is 4060. The second kappa shape index (κ2) is 12.6. The van der Waals surface area contributed by atoms with Crippen LogP contribution in [0, 0.1) is 0 Å². The van der Waals surface area contributed by atoms with Crippen molar-refractivity contribution < 1.29 is 8.83 Å². The standard InChI is InChI=1S/C61H38O2/c1-61(2)51-30-27-37(41-22-12-24-48-57-53(63-60(41)48)31-32-54-58(57)49-29-25-36-14-4-6-17-40(36)59(49)62-54)33-50(51)42-28-26-38(34-52(42)61)55-44-18-7-9-20-46(44)56(47-21-10-8-19-45(47)55)43-23-11-15-35-13-3-5-16-39(35)43/h3-34H,1-2H3. The van der Waals surface area contributed by atoms with Gasteiger partial charge in [0.05, 0.1) is 0 Å². The molecule has 0 aliphatic heterocycles. The molecule has 2 heteroatoms. The van der Waals surface area contributed by atoms with E-state index in [1.807, 2.05) is 0 Å². The van der Waals surface area contributed by atoms with Gasteiger partial charge < -0.3 is 8.83 Å². The van der Waals surface area contributed by atoms with Crippen LogP contribution in [0.15, 0.2) is 203 Å². The van der Waals surface area contributed by atoms with E-state index in [0.29, 0.717) is 0 Å². The maximum absolute atomic E-state index is 6.83. The lowest BCUT2D eigenvalue weighted by molar-refractivity contribution is 0.660. The summed E-state index contributed by atoms with van der Waals surface area (Å²) >= 11 is 0. The second-order valence-corrected chi connectivity index (χ2v) is 17.9. The minimum Gasteiger partial charge on any atom is -0.455 e. The smallest absolute Gasteiger partial charge is 0.143 e. The summed E-state index contributed by atoms with van der Waals surface area (Å²) in [6.45, 7) is 4.76. The largest absolute Gasteiger partial charge is 0.455 e. The zero-order chi connectivity index (χ0) is 41.6. The summed E-state index contributed by atoms with van der Waals surface area (Å²) in [5, 5.41) is 14.3. The molecule has 13 aromatic rings. The van der Waals surface area contributed by atoms with E-state index in [1.54, 1.807) is 0 Å². The van der Waals surface area contributed by atoms with Crippen LogP contribution in [0.1, 0.15) is 25.0 Å². The zero-order valence-electron chi connectivity index (χ0n) is 34.8. The van der Waals surface area contributed by atoms with Crippen LogP contribution in [0.4, 0.5) is 0 Å². The number of benzene rings is 11. The van der Waals surface area contributed by atoms with E-state index in [9.17, 15) is 0 Å². The van der Waals surface area contributed by atoms with Crippen molar-refractivity contribution in [2.24, 2.45) is 0 Å². The average Bonchev–Trinajstić information content (AvgIpc) is 3.98. The molecule has 0 amide bonds. The van der Waals surface area contributed by atoms with Gasteiger partial charge in [0.2, 0.25) is 0 Å². The normalized spacial score (nSPS) is 13.4. The molecule has 2 nitrogen and oxygen atoms in total. The van der Waals surface area contributed by atoms with Gasteiger partial charge in [-0.05, 0) is 118 Å². The van der Waals surface area contributed by atoms with E-state index in [1.165, 1.54) is 82.2 Å². The lowest BCUT2D eigenvalue weighted by atomic mass is 9.80. The molecular formula is C61H38O2. The van der Waals surface area contributed by atoms with Crippen LogP contribution in [0.2, 0.25) is 0 Å². The highest BCUT2D eigenvalue weighted by molar-refractivity contribution is 6.29. The minimum absolute atomic E-state index is 0.197. The van der Waals surface area contributed by atoms with Crippen LogP contribution in [0.3, 0.4) is 0 Å². The SMILES string of the molecule is CC1(C)c2ccc(-c3cccc4c3oc3ccc5oc6c7ccccc7ccc6c5c34)cc2-c2ccc(-c3c4ccccc4c(-c4cccc5ccccc45)c4ccccc34)cc21. The van der Waals surface area contributed by atoms with E-state index in [-0.39, 0.29) is 5.41 Å². The highest BCUT2D eigenvalue weighted by Crippen LogP contribution is 2.53. The number of fused-ring (bicyclic) bond motifs is 15. The fourth-order valence-electron chi connectivity index (χ4n) is 11.4. The van der Waals surface area contributed by atoms with Crippen molar-refractivity contribution in [1.82, 2.24) is 0 Å². The topological polar surface area (TPSA) is 26.3 Å². The van der Waals surface area contributed by atoms with Gasteiger partial charge in [0.25, 0.3) is 0 Å². The molecule has 0 bridgehead atoms. The van der Waals surface area contributed by atoms with Gasteiger partial charge in [0.1, 0.15) is 22.3 Å². The number of hydrogen-bond acceptors (Lipinski definition) is 2. The third-order valence-electron chi connectivity index (χ3n) is 14.3. The highest BCUT2D eigenvalue weighted by Gasteiger charge is 2.36. The third kappa shape index (κ3) is 4.73. The summed E-state index contributed by atoms with van der Waals surface area (Å²) in [7, 11) is 0. The fourth-order valence-corrected chi connectivity index (χ4v) is 11.4. The number of rotatable bonds is 3. The lowest BCUT2D eigenvalue weighted by Gasteiger charge is -2.23. The van der Waals surface area contributed by atoms with Crippen LogP contribution in [0.5, 0.6) is 0 Å². The number of para-hydroxylation sites is 1. The maximum atomic E-state index is 6.83. The Labute approximate surface area is 363 Å². The number of hydrogen-bond donors (Lipinski definition) is 0. The Hall–Kier alpha value is -7.94. The van der Waals surface area contributed by atoms with Crippen molar-refractivity contribution in [3.8, 4) is 44.5 Å². The van der Waals surface area contributed by atoms with Crippen molar-refractivity contribution in [3.63, 3.8) is 0 Å². The van der Waals surface area contributed by atoms with Gasteiger partial charge in [0.15, 0.2) is 0 Å². The molecule has 1 aliphatic rings. The molecule has 0 saturated heterocycles. The molecule has 0 fully saturated rings. The first kappa shape index (κ1) is 34.7. The Balaban J connectivity index is 0.935. The fraction of sp³-hybridized carbons (Fsp3) is 0.0492. The van der Waals surface area contributed by atoms with E-state index < -0.39 is 0 Å². The average molecular weight is 803 g/mol. The summed E-state index contributed by atoms with van der Waals surface area (Å²) in [5.41, 5.74) is 15.9. The van der Waals surface area contributed by atoms with Crippen molar-refractivity contribution in [2.75, 3.05) is 0 Å². The van der Waals surface area contributed by atoms with Crippen molar-refractivity contribution in [2.45, 2.75) is 19.3 Å². The molecule has 0 spiro atoms. The lowest BCUT2D eigenvalue weighted by Crippen LogP contribution is -2.15. The van der Waals surface area contributed by atoms with Gasteiger partial charge in [-0.2, -0.15) is 0 Å². The van der Waals surface area contributed by atoms with Crippen LogP contribution in [-0.2, 0) is 5.41 Å². The number of furan rings is 2. The van der Waals surface area contributed by atoms with Gasteiger partial charge in [-0.3, -0.25) is 0 Å². The molecule has 0 N–H and O–H groups in total. The van der Waals surface area contributed by atoms with Gasteiger partial charge >= 0.3 is 0 Å². The van der Waals surface area contributed by atoms with E-state index in [2.05, 4.69) is 208 Å². The molecule has 0 atom stereocenters. The third-order valence-corrected chi connectivity index (χ3v) is 14.3. The summed E-state index contributed by atoms with van der Waals surface area (Å²) in [6, 6.07) is 71.2. The van der Waals surface area contributed by atoms with Gasteiger partial charge in [0, 0.05) is 37.9 Å². The predicted octanol–water partition coefficient (Wildman–Crippen LogP) is 17.4. The Morgan fingerprint density at radius 3 is 1.59 bits per heavy atom. The summed E-state index contributed by atoms with van der Waals surface area (Å²) in [4.78, 5) is 0. The monoisotopic (exact) mass is 802 g/mol. The van der Waals surface area contributed by atoms with Gasteiger partial charge in [-0.25, -0.2) is 0 Å². The van der Waals surface area contributed by atoms with Crippen LogP contribution >= 0.6 is 0 Å². The maximum Gasteiger partial charge on any atom is 0.143 e. The van der Waals surface area contributed by atoms with Crippen molar-refractivity contribution in [3.05, 3.63) is 205 Å². The minimum atomic E-state index is -0.197. The molecule has 14 rings (SSSR count). The zero-order valence-corrected chi connectivity index (χ0v) is 34.8. The molecule has 0 unspecified atom stereocenters.